The Labute approximate surface area is 124 Å². The third-order valence-electron chi connectivity index (χ3n) is 2.77. The van der Waals surface area contributed by atoms with Gasteiger partial charge in [-0.1, -0.05) is 0 Å². The van der Waals surface area contributed by atoms with Gasteiger partial charge in [-0.05, 0) is 19.1 Å². The van der Waals surface area contributed by atoms with Gasteiger partial charge in [0.05, 0.1) is 0 Å². The Morgan fingerprint density at radius 1 is 1.33 bits per heavy atom. The number of halogens is 3. The fourth-order valence-corrected chi connectivity index (χ4v) is 2.62. The largest absolute Gasteiger partial charge is 0.482 e. The number of imidazole rings is 1. The zero-order chi connectivity index (χ0) is 15.6. The van der Waals surface area contributed by atoms with Gasteiger partial charge in [-0.15, -0.1) is 0 Å². The number of aryl methyl sites for hydroxylation is 1. The summed E-state index contributed by atoms with van der Waals surface area (Å²) < 4.78 is 56.4. The minimum Gasteiger partial charge on any atom is -0.482 e. The van der Waals surface area contributed by atoms with E-state index in [0.29, 0.717) is 12.4 Å². The minimum atomic E-state index is -4.36. The molecule has 1 heterocycles. The first kappa shape index (κ1) is 15.7. The van der Waals surface area contributed by atoms with Crippen LogP contribution < -0.4 is 4.74 Å². The number of aromatic nitrogens is 2. The third kappa shape index (κ3) is 3.33. The van der Waals surface area contributed by atoms with Crippen molar-refractivity contribution in [2.45, 2.75) is 25.0 Å². The van der Waals surface area contributed by atoms with Crippen molar-refractivity contribution in [2.75, 3.05) is 0 Å². The average molecular weight is 337 g/mol. The van der Waals surface area contributed by atoms with E-state index in [1.54, 1.807) is 17.0 Å². The maximum Gasteiger partial charge on any atom is 0.264 e. The van der Waals surface area contributed by atoms with Gasteiger partial charge in [0, 0.05) is 29.6 Å². The van der Waals surface area contributed by atoms with Crippen LogP contribution >= 0.6 is 10.7 Å². The molecule has 0 spiro atoms. The van der Waals surface area contributed by atoms with Crippen LogP contribution in [0.15, 0.2) is 29.4 Å². The molecule has 0 amide bonds. The topological polar surface area (TPSA) is 61.2 Å². The summed E-state index contributed by atoms with van der Waals surface area (Å²) in [7, 11) is 0.641. The molecule has 2 rings (SSSR count). The predicted molar refractivity (Wildman–Crippen MR) is 71.6 cm³/mol. The SMILES string of the molecule is CCn1ccnc1COc1ccc(S(=O)(=O)Cl)c(F)c1F. The second-order valence-corrected chi connectivity index (χ2v) is 6.58. The van der Waals surface area contributed by atoms with Crippen molar-refractivity contribution in [2.24, 2.45) is 0 Å². The molecule has 0 fully saturated rings. The van der Waals surface area contributed by atoms with Crippen LogP contribution in [0.2, 0.25) is 0 Å². The van der Waals surface area contributed by atoms with Crippen LogP contribution in [0.1, 0.15) is 12.7 Å². The number of hydrogen-bond acceptors (Lipinski definition) is 4. The van der Waals surface area contributed by atoms with Crippen LogP contribution in [-0.4, -0.2) is 18.0 Å². The molecular formula is C12H11ClF2N2O3S. The van der Waals surface area contributed by atoms with E-state index >= 15 is 0 Å². The Bertz CT molecular complexity index is 762. The maximum absolute atomic E-state index is 13.8. The van der Waals surface area contributed by atoms with Crippen LogP contribution in [0.25, 0.3) is 0 Å². The van der Waals surface area contributed by atoms with Crippen molar-refractivity contribution in [1.29, 1.82) is 0 Å². The van der Waals surface area contributed by atoms with Gasteiger partial charge in [0.1, 0.15) is 17.3 Å². The Balaban J connectivity index is 2.24. The zero-order valence-electron chi connectivity index (χ0n) is 10.9. The molecule has 114 valence electrons. The molecule has 0 aliphatic carbocycles. The van der Waals surface area contributed by atoms with Crippen LogP contribution in [0.4, 0.5) is 8.78 Å². The van der Waals surface area contributed by atoms with Crippen molar-refractivity contribution < 1.29 is 21.9 Å². The van der Waals surface area contributed by atoms with E-state index in [2.05, 4.69) is 4.98 Å². The van der Waals surface area contributed by atoms with E-state index in [4.69, 9.17) is 15.4 Å². The third-order valence-corrected chi connectivity index (χ3v) is 4.11. The molecule has 0 unspecified atom stereocenters. The molecule has 0 saturated heterocycles. The molecule has 0 aliphatic rings. The van der Waals surface area contributed by atoms with Crippen LogP contribution in [0.3, 0.4) is 0 Å². The van der Waals surface area contributed by atoms with Crippen LogP contribution in [-0.2, 0) is 22.2 Å². The van der Waals surface area contributed by atoms with Crippen molar-refractivity contribution in [3.05, 3.63) is 42.0 Å². The number of nitrogens with zero attached hydrogens (tertiary/aromatic N) is 2. The molecule has 0 bridgehead atoms. The zero-order valence-corrected chi connectivity index (χ0v) is 12.5. The first-order valence-electron chi connectivity index (χ1n) is 5.90. The van der Waals surface area contributed by atoms with Crippen LogP contribution in [0.5, 0.6) is 5.75 Å². The quantitative estimate of drug-likeness (QED) is 0.788. The molecule has 0 N–H and O–H groups in total. The smallest absolute Gasteiger partial charge is 0.264 e. The van der Waals surface area contributed by atoms with Crippen LogP contribution in [0, 0.1) is 11.6 Å². The van der Waals surface area contributed by atoms with Gasteiger partial charge in [0.2, 0.25) is 5.82 Å². The molecule has 0 aliphatic heterocycles. The Kier molecular flexibility index (Phi) is 4.48. The van der Waals surface area contributed by atoms with Crippen molar-refractivity contribution in [3.63, 3.8) is 0 Å². The Morgan fingerprint density at radius 2 is 2.05 bits per heavy atom. The first-order chi connectivity index (χ1) is 9.84. The van der Waals surface area contributed by atoms with Gasteiger partial charge < -0.3 is 9.30 Å². The maximum atomic E-state index is 13.8. The highest BCUT2D eigenvalue weighted by Crippen LogP contribution is 2.27. The molecule has 5 nitrogen and oxygen atoms in total. The average Bonchev–Trinajstić information content (AvgIpc) is 2.86. The normalized spacial score (nSPS) is 11.6. The molecular weight excluding hydrogens is 326 g/mol. The van der Waals surface area contributed by atoms with Gasteiger partial charge in [-0.25, -0.2) is 17.8 Å². The summed E-state index contributed by atoms with van der Waals surface area (Å²) in [4.78, 5) is 3.09. The van der Waals surface area contributed by atoms with Crippen molar-refractivity contribution in [3.8, 4) is 5.75 Å². The molecule has 0 radical (unpaired) electrons. The Hall–Kier alpha value is -1.67. The minimum absolute atomic E-state index is 0.0792. The van der Waals surface area contributed by atoms with E-state index in [0.717, 1.165) is 12.1 Å². The summed E-state index contributed by atoms with van der Waals surface area (Å²) in [5.41, 5.74) is 0. The lowest BCUT2D eigenvalue weighted by molar-refractivity contribution is 0.269. The van der Waals surface area contributed by atoms with Gasteiger partial charge in [-0.3, -0.25) is 0 Å². The second kappa shape index (κ2) is 5.98. The number of benzene rings is 1. The number of hydrogen-bond donors (Lipinski definition) is 0. The van der Waals surface area contributed by atoms with E-state index in [9.17, 15) is 17.2 Å². The van der Waals surface area contributed by atoms with Crippen molar-refractivity contribution in [1.82, 2.24) is 9.55 Å². The van der Waals surface area contributed by atoms with E-state index in [1.165, 1.54) is 0 Å². The molecule has 9 heteroatoms. The lowest BCUT2D eigenvalue weighted by atomic mass is 10.3. The van der Waals surface area contributed by atoms with E-state index in [1.807, 2.05) is 6.92 Å². The molecule has 2 aromatic rings. The highest BCUT2D eigenvalue weighted by atomic mass is 35.7. The summed E-state index contributed by atoms with van der Waals surface area (Å²) in [5.74, 6) is -2.86. The number of rotatable bonds is 5. The van der Waals surface area contributed by atoms with Gasteiger partial charge in [0.15, 0.2) is 11.6 Å². The van der Waals surface area contributed by atoms with E-state index < -0.39 is 31.3 Å². The molecule has 0 atom stereocenters. The lowest BCUT2D eigenvalue weighted by Gasteiger charge is -2.10. The highest BCUT2D eigenvalue weighted by molar-refractivity contribution is 8.13. The molecule has 1 aromatic heterocycles. The summed E-state index contributed by atoms with van der Waals surface area (Å²) in [6, 6.07) is 1.86. The molecule has 21 heavy (non-hydrogen) atoms. The summed E-state index contributed by atoms with van der Waals surface area (Å²) in [5, 5.41) is 0. The summed E-state index contributed by atoms with van der Waals surface area (Å²) in [6.45, 7) is 2.47. The molecule has 1 aromatic carbocycles. The summed E-state index contributed by atoms with van der Waals surface area (Å²) in [6.07, 6.45) is 3.28. The standard InChI is InChI=1S/C12H11ClF2N2O3S/c1-2-17-6-5-16-10(17)7-20-8-3-4-9(21(13,18)19)12(15)11(8)14/h3-6H,2,7H2,1H3. The predicted octanol–water partition coefficient (Wildman–Crippen LogP) is 2.69. The van der Waals surface area contributed by atoms with Gasteiger partial charge >= 0.3 is 0 Å². The monoisotopic (exact) mass is 336 g/mol. The molecule has 0 saturated carbocycles. The highest BCUT2D eigenvalue weighted by Gasteiger charge is 2.22. The lowest BCUT2D eigenvalue weighted by Crippen LogP contribution is -2.07. The summed E-state index contributed by atoms with van der Waals surface area (Å²) >= 11 is 0. The van der Waals surface area contributed by atoms with Gasteiger partial charge in [-0.2, -0.15) is 4.39 Å². The first-order valence-corrected chi connectivity index (χ1v) is 8.21. The fraction of sp³-hybridized carbons (Fsp3) is 0.250. The second-order valence-electron chi connectivity index (χ2n) is 4.05. The fourth-order valence-electron chi connectivity index (χ4n) is 1.72. The Morgan fingerprint density at radius 3 is 2.67 bits per heavy atom. The van der Waals surface area contributed by atoms with E-state index in [-0.39, 0.29) is 6.61 Å². The number of ether oxygens (including phenoxy) is 1. The van der Waals surface area contributed by atoms with Gasteiger partial charge in [0.25, 0.3) is 9.05 Å². The van der Waals surface area contributed by atoms with Crippen molar-refractivity contribution >= 4 is 19.7 Å².